The van der Waals surface area contributed by atoms with Crippen LogP contribution in [-0.2, 0) is 4.84 Å². The molecule has 0 radical (unpaired) electrons. The summed E-state index contributed by atoms with van der Waals surface area (Å²) >= 11 is 0. The molecule has 1 N–H and O–H groups in total. The maximum absolute atomic E-state index is 8.62. The minimum atomic E-state index is 0.167. The van der Waals surface area contributed by atoms with Crippen LogP contribution in [0.5, 0.6) is 0 Å². The molecule has 0 aliphatic rings. The Morgan fingerprint density at radius 1 is 1.50 bits per heavy atom. The van der Waals surface area contributed by atoms with Crippen molar-refractivity contribution >= 4 is 5.71 Å². The molecule has 0 spiro atoms. The van der Waals surface area contributed by atoms with Gasteiger partial charge >= 0.3 is 0 Å². The average molecular weight is 198 g/mol. The van der Waals surface area contributed by atoms with Crippen LogP contribution in [0.25, 0.3) is 0 Å². The predicted molar refractivity (Wildman–Crippen MR) is 57.1 cm³/mol. The minimum absolute atomic E-state index is 0.167. The van der Waals surface area contributed by atoms with Gasteiger partial charge in [0.05, 0.1) is 6.61 Å². The van der Waals surface area contributed by atoms with Crippen LogP contribution in [0.1, 0.15) is 13.8 Å². The van der Waals surface area contributed by atoms with Gasteiger partial charge in [-0.05, 0) is 26.8 Å². The van der Waals surface area contributed by atoms with Crippen molar-refractivity contribution in [2.24, 2.45) is 5.16 Å². The highest BCUT2D eigenvalue weighted by Gasteiger charge is 1.95. The Kier molecular flexibility index (Phi) is 7.90. The monoisotopic (exact) mass is 198 g/mol. The lowest BCUT2D eigenvalue weighted by atomic mass is 10.4. The first-order valence-electron chi connectivity index (χ1n) is 4.59. The fraction of sp³-hybridized carbons (Fsp3) is 0.700. The number of hydrogen-bond donors (Lipinski definition) is 1. The summed E-state index contributed by atoms with van der Waals surface area (Å²) < 4.78 is 0. The molecule has 0 saturated heterocycles. The first-order chi connectivity index (χ1) is 6.70. The van der Waals surface area contributed by atoms with E-state index in [1.165, 1.54) is 0 Å². The van der Waals surface area contributed by atoms with E-state index in [1.807, 2.05) is 11.9 Å². The number of oxime groups is 1. The van der Waals surface area contributed by atoms with Gasteiger partial charge in [-0.15, -0.1) is 0 Å². The first kappa shape index (κ1) is 12.9. The van der Waals surface area contributed by atoms with Crippen molar-refractivity contribution in [3.05, 3.63) is 0 Å². The van der Waals surface area contributed by atoms with Gasteiger partial charge in [0.25, 0.3) is 0 Å². The second kappa shape index (κ2) is 8.54. The van der Waals surface area contributed by atoms with E-state index in [2.05, 4.69) is 17.0 Å². The van der Waals surface area contributed by atoms with Crippen molar-refractivity contribution in [3.63, 3.8) is 0 Å². The third kappa shape index (κ3) is 7.59. The molecular formula is C10H18N2O2. The van der Waals surface area contributed by atoms with Crippen molar-refractivity contribution in [2.45, 2.75) is 13.8 Å². The lowest BCUT2D eigenvalue weighted by Crippen LogP contribution is -2.25. The highest BCUT2D eigenvalue weighted by Crippen LogP contribution is 1.84. The van der Waals surface area contributed by atoms with Gasteiger partial charge in [0.2, 0.25) is 0 Å². The molecule has 14 heavy (non-hydrogen) atoms. The summed E-state index contributed by atoms with van der Waals surface area (Å²) in [7, 11) is 1.92. The second-order valence-electron chi connectivity index (χ2n) is 2.91. The van der Waals surface area contributed by atoms with Crippen molar-refractivity contribution in [3.8, 4) is 11.8 Å². The zero-order valence-corrected chi connectivity index (χ0v) is 9.08. The van der Waals surface area contributed by atoms with E-state index in [1.54, 1.807) is 13.8 Å². The maximum atomic E-state index is 8.62. The number of nitrogens with zero attached hydrogens (tertiary/aromatic N) is 2. The van der Waals surface area contributed by atoms with Crippen LogP contribution in [-0.4, -0.2) is 49.1 Å². The quantitative estimate of drug-likeness (QED) is 0.289. The lowest BCUT2D eigenvalue weighted by Gasteiger charge is -2.13. The topological polar surface area (TPSA) is 45.1 Å². The summed E-state index contributed by atoms with van der Waals surface area (Å²) in [4.78, 5) is 7.00. The molecule has 0 aromatic heterocycles. The SMILES string of the molecule is CC#C/C(C)=N\OCCN(C)CCO. The van der Waals surface area contributed by atoms with E-state index in [9.17, 15) is 0 Å². The minimum Gasteiger partial charge on any atom is -0.395 e. The number of aliphatic hydroxyl groups excluding tert-OH is 1. The molecule has 0 unspecified atom stereocenters. The third-order valence-electron chi connectivity index (χ3n) is 1.55. The number of rotatable bonds is 6. The van der Waals surface area contributed by atoms with Crippen LogP contribution in [0, 0.1) is 11.8 Å². The average Bonchev–Trinajstić information content (AvgIpc) is 2.13. The van der Waals surface area contributed by atoms with Crippen LogP contribution < -0.4 is 0 Å². The third-order valence-corrected chi connectivity index (χ3v) is 1.55. The fourth-order valence-corrected chi connectivity index (χ4v) is 0.825. The van der Waals surface area contributed by atoms with E-state index in [0.29, 0.717) is 18.9 Å². The molecule has 80 valence electrons. The van der Waals surface area contributed by atoms with Crippen molar-refractivity contribution in [2.75, 3.05) is 33.4 Å². The number of hydrogen-bond acceptors (Lipinski definition) is 4. The summed E-state index contributed by atoms with van der Waals surface area (Å²) in [5.41, 5.74) is 0.678. The Morgan fingerprint density at radius 2 is 2.21 bits per heavy atom. The summed E-state index contributed by atoms with van der Waals surface area (Å²) in [6, 6.07) is 0. The molecule has 0 amide bonds. The molecule has 0 aromatic rings. The normalized spacial score (nSPS) is 11.1. The Bertz CT molecular complexity index is 228. The standard InChI is InChI=1S/C10H18N2O2/c1-4-5-10(2)11-14-9-7-12(3)6-8-13/h13H,6-9H2,1-3H3/b11-10-. The molecule has 0 aromatic carbocycles. The Hall–Kier alpha value is -1.05. The van der Waals surface area contributed by atoms with Gasteiger partial charge in [0, 0.05) is 13.1 Å². The van der Waals surface area contributed by atoms with Gasteiger partial charge in [0.1, 0.15) is 12.3 Å². The van der Waals surface area contributed by atoms with Gasteiger partial charge in [0.15, 0.2) is 0 Å². The van der Waals surface area contributed by atoms with Crippen LogP contribution >= 0.6 is 0 Å². The highest BCUT2D eigenvalue weighted by atomic mass is 16.6. The van der Waals surface area contributed by atoms with Gasteiger partial charge in [-0.2, -0.15) is 0 Å². The van der Waals surface area contributed by atoms with Crippen molar-refractivity contribution < 1.29 is 9.94 Å². The molecule has 0 rings (SSSR count). The molecule has 0 aliphatic heterocycles. The lowest BCUT2D eigenvalue weighted by molar-refractivity contribution is 0.112. The molecule has 0 atom stereocenters. The smallest absolute Gasteiger partial charge is 0.129 e. The molecule has 4 heteroatoms. The van der Waals surface area contributed by atoms with Crippen LogP contribution in [0.15, 0.2) is 5.16 Å². The maximum Gasteiger partial charge on any atom is 0.129 e. The number of likely N-dealkylation sites (N-methyl/N-ethyl adjacent to an activating group) is 1. The van der Waals surface area contributed by atoms with E-state index < -0.39 is 0 Å². The van der Waals surface area contributed by atoms with Gasteiger partial charge in [-0.3, -0.25) is 0 Å². The molecule has 0 aliphatic carbocycles. The van der Waals surface area contributed by atoms with E-state index >= 15 is 0 Å². The van der Waals surface area contributed by atoms with Crippen LogP contribution in [0.3, 0.4) is 0 Å². The van der Waals surface area contributed by atoms with E-state index in [4.69, 9.17) is 9.94 Å². The Morgan fingerprint density at radius 3 is 2.79 bits per heavy atom. The molecule has 4 nitrogen and oxygen atoms in total. The summed E-state index contributed by atoms with van der Waals surface area (Å²) in [5.74, 6) is 5.51. The second-order valence-corrected chi connectivity index (χ2v) is 2.91. The Labute approximate surface area is 85.5 Å². The summed E-state index contributed by atoms with van der Waals surface area (Å²) in [6.45, 7) is 5.64. The number of aliphatic hydroxyl groups is 1. The molecule has 0 heterocycles. The predicted octanol–water partition coefficient (Wildman–Crippen LogP) is 0.326. The zero-order valence-electron chi connectivity index (χ0n) is 9.08. The van der Waals surface area contributed by atoms with Gasteiger partial charge in [-0.1, -0.05) is 11.1 Å². The molecule has 0 fully saturated rings. The van der Waals surface area contributed by atoms with Crippen LogP contribution in [0.2, 0.25) is 0 Å². The van der Waals surface area contributed by atoms with E-state index in [-0.39, 0.29) is 6.61 Å². The van der Waals surface area contributed by atoms with Gasteiger partial charge < -0.3 is 14.8 Å². The van der Waals surface area contributed by atoms with Gasteiger partial charge in [-0.25, -0.2) is 0 Å². The van der Waals surface area contributed by atoms with E-state index in [0.717, 1.165) is 6.54 Å². The first-order valence-corrected chi connectivity index (χ1v) is 4.59. The molecule has 0 saturated carbocycles. The fourth-order valence-electron chi connectivity index (χ4n) is 0.825. The molecular weight excluding hydrogens is 180 g/mol. The van der Waals surface area contributed by atoms with Crippen molar-refractivity contribution in [1.29, 1.82) is 0 Å². The van der Waals surface area contributed by atoms with Crippen molar-refractivity contribution in [1.82, 2.24) is 4.90 Å². The zero-order chi connectivity index (χ0) is 10.8. The molecule has 0 bridgehead atoms. The summed E-state index contributed by atoms with van der Waals surface area (Å²) in [5, 5.41) is 12.4. The van der Waals surface area contributed by atoms with Crippen LogP contribution in [0.4, 0.5) is 0 Å². The highest BCUT2D eigenvalue weighted by molar-refractivity contribution is 5.97. The summed E-state index contributed by atoms with van der Waals surface area (Å²) in [6.07, 6.45) is 0. The Balaban J connectivity index is 3.53. The largest absolute Gasteiger partial charge is 0.395 e.